The summed E-state index contributed by atoms with van der Waals surface area (Å²) in [6, 6.07) is 10.7. The van der Waals surface area contributed by atoms with Crippen LogP contribution in [0.3, 0.4) is 0 Å². The molecule has 0 fully saturated rings. The Morgan fingerprint density at radius 1 is 1.26 bits per heavy atom. The molecule has 19 heavy (non-hydrogen) atoms. The number of benzene rings is 1. The third-order valence-electron chi connectivity index (χ3n) is 2.25. The second kappa shape index (κ2) is 6.33. The Labute approximate surface area is 121 Å². The van der Waals surface area contributed by atoms with Crippen LogP contribution in [0, 0.1) is 0 Å². The van der Waals surface area contributed by atoms with E-state index < -0.39 is 11.0 Å². The van der Waals surface area contributed by atoms with E-state index in [4.69, 9.17) is 5.14 Å². The Morgan fingerprint density at radius 2 is 1.95 bits per heavy atom. The van der Waals surface area contributed by atoms with Crippen molar-refractivity contribution in [3.63, 3.8) is 0 Å². The molecule has 0 aliphatic rings. The first-order chi connectivity index (χ1) is 9.10. The van der Waals surface area contributed by atoms with Crippen LogP contribution in [0.2, 0.25) is 0 Å². The summed E-state index contributed by atoms with van der Waals surface area (Å²) in [6.45, 7) is 0. The van der Waals surface area contributed by atoms with Crippen molar-refractivity contribution in [2.75, 3.05) is 7.11 Å². The number of rotatable bonds is 4. The Balaban J connectivity index is 2.10. The van der Waals surface area contributed by atoms with Gasteiger partial charge in [0.1, 0.15) is 15.2 Å². The molecule has 0 spiro atoms. The van der Waals surface area contributed by atoms with Gasteiger partial charge in [0.25, 0.3) is 0 Å². The van der Waals surface area contributed by atoms with Gasteiger partial charge in [-0.25, -0.2) is 14.1 Å². The lowest BCUT2D eigenvalue weighted by atomic mass is 10.2. The van der Waals surface area contributed by atoms with Gasteiger partial charge in [0.05, 0.1) is 16.9 Å². The van der Waals surface area contributed by atoms with Crippen molar-refractivity contribution in [2.24, 2.45) is 5.14 Å². The van der Waals surface area contributed by atoms with Gasteiger partial charge in [0.2, 0.25) is 0 Å². The van der Waals surface area contributed by atoms with Crippen molar-refractivity contribution in [2.45, 2.75) is 13.3 Å². The molecule has 0 aliphatic heterocycles. The van der Waals surface area contributed by atoms with Crippen LogP contribution in [0.1, 0.15) is 10.4 Å². The summed E-state index contributed by atoms with van der Waals surface area (Å²) in [5, 5.41) is 5.31. The molecule has 0 saturated heterocycles. The molecule has 0 bridgehead atoms. The summed E-state index contributed by atoms with van der Waals surface area (Å²) in [5.41, 5.74) is 0.516. The third-order valence-corrected chi connectivity index (χ3v) is 5.54. The molecule has 0 saturated carbocycles. The van der Waals surface area contributed by atoms with Crippen molar-refractivity contribution in [1.29, 1.82) is 0 Å². The molecular formula is C12H11NO3S3. The second-order valence-electron chi connectivity index (χ2n) is 3.49. The number of ether oxygens (including phenoxy) is 1. The zero-order valence-electron chi connectivity index (χ0n) is 9.99. The summed E-state index contributed by atoms with van der Waals surface area (Å²) in [6.07, 6.45) is 0. The van der Waals surface area contributed by atoms with Crippen LogP contribution in [0.25, 0.3) is 0 Å². The van der Waals surface area contributed by atoms with Crippen LogP contribution in [0.4, 0.5) is 0 Å². The molecule has 100 valence electrons. The molecule has 1 atom stereocenters. The number of nitrogens with two attached hydrogens (primary N) is 1. The summed E-state index contributed by atoms with van der Waals surface area (Å²) >= 11 is 2.93. The monoisotopic (exact) mass is 313 g/mol. The first-order valence-electron chi connectivity index (χ1n) is 5.22. The van der Waals surface area contributed by atoms with E-state index in [2.05, 4.69) is 4.74 Å². The smallest absolute Gasteiger partial charge is 0.337 e. The number of thiophene rings is 1. The highest BCUT2D eigenvalue weighted by molar-refractivity contribution is 8.01. The Hall–Kier alpha value is -1.15. The van der Waals surface area contributed by atoms with Crippen molar-refractivity contribution >= 4 is 40.1 Å². The summed E-state index contributed by atoms with van der Waals surface area (Å²) in [5.74, 6) is -0.353. The van der Waals surface area contributed by atoms with Crippen LogP contribution in [-0.2, 0) is 15.7 Å². The largest absolute Gasteiger partial charge is 0.465 e. The van der Waals surface area contributed by atoms with Gasteiger partial charge in [-0.15, -0.1) is 11.3 Å². The van der Waals surface area contributed by atoms with E-state index in [0.29, 0.717) is 9.77 Å². The Kier molecular flexibility index (Phi) is 4.76. The topological polar surface area (TPSA) is 69.4 Å². The lowest BCUT2D eigenvalue weighted by molar-refractivity contribution is 0.0600. The predicted molar refractivity (Wildman–Crippen MR) is 76.8 cm³/mol. The van der Waals surface area contributed by atoms with Gasteiger partial charge in [-0.3, -0.25) is 0 Å². The average Bonchev–Trinajstić information content (AvgIpc) is 2.87. The summed E-state index contributed by atoms with van der Waals surface area (Å²) < 4.78 is 17.4. The highest BCUT2D eigenvalue weighted by atomic mass is 32.2. The minimum Gasteiger partial charge on any atom is -0.465 e. The number of esters is 1. The van der Waals surface area contributed by atoms with E-state index in [1.165, 1.54) is 30.2 Å². The number of hydrogen-bond donors (Lipinski definition) is 1. The third kappa shape index (κ3) is 3.66. The van der Waals surface area contributed by atoms with Crippen molar-refractivity contribution < 1.29 is 13.7 Å². The lowest BCUT2D eigenvalue weighted by Gasteiger charge is -2.01. The molecule has 0 amide bonds. The summed E-state index contributed by atoms with van der Waals surface area (Å²) in [4.78, 5) is 12.3. The molecular weight excluding hydrogens is 302 g/mol. The fourth-order valence-electron chi connectivity index (χ4n) is 1.36. The van der Waals surface area contributed by atoms with Gasteiger partial charge in [-0.05, 0) is 36.4 Å². The molecule has 1 heterocycles. The van der Waals surface area contributed by atoms with Gasteiger partial charge >= 0.3 is 5.97 Å². The van der Waals surface area contributed by atoms with E-state index in [-0.39, 0.29) is 5.97 Å². The quantitative estimate of drug-likeness (QED) is 0.881. The van der Waals surface area contributed by atoms with Crippen molar-refractivity contribution in [3.05, 3.63) is 42.0 Å². The predicted octanol–water partition coefficient (Wildman–Crippen LogP) is 2.67. The minimum atomic E-state index is -1.43. The van der Waals surface area contributed by atoms with Gasteiger partial charge in [0.15, 0.2) is 0 Å². The fraction of sp³-hybridized carbons (Fsp3) is 0.0833. The zero-order valence-corrected chi connectivity index (χ0v) is 12.4. The van der Waals surface area contributed by atoms with E-state index in [1.54, 1.807) is 18.2 Å². The van der Waals surface area contributed by atoms with Gasteiger partial charge < -0.3 is 4.74 Å². The molecule has 2 rings (SSSR count). The van der Waals surface area contributed by atoms with E-state index in [1.807, 2.05) is 18.2 Å². The molecule has 4 nitrogen and oxygen atoms in total. The highest BCUT2D eigenvalue weighted by Gasteiger charge is 2.07. The van der Waals surface area contributed by atoms with E-state index in [9.17, 15) is 9.00 Å². The standard InChI is InChI=1S/C12H11NO3S3/c1-16-12(14)8-2-4-9(5-3-8)17-10-6-7-11(18-10)19(13)15/h2-7H,13H2,1H3. The summed E-state index contributed by atoms with van der Waals surface area (Å²) in [7, 11) is -0.0809. The number of methoxy groups -OCH3 is 1. The molecule has 2 N–H and O–H groups in total. The highest BCUT2D eigenvalue weighted by Crippen LogP contribution is 2.34. The van der Waals surface area contributed by atoms with Crippen LogP contribution >= 0.6 is 23.1 Å². The first-order valence-corrected chi connectivity index (χ1v) is 8.07. The van der Waals surface area contributed by atoms with Crippen LogP contribution in [-0.4, -0.2) is 17.3 Å². The van der Waals surface area contributed by atoms with E-state index >= 15 is 0 Å². The zero-order chi connectivity index (χ0) is 13.8. The van der Waals surface area contributed by atoms with E-state index in [0.717, 1.165) is 9.10 Å². The van der Waals surface area contributed by atoms with Gasteiger partial charge in [0, 0.05) is 4.90 Å². The van der Waals surface area contributed by atoms with Crippen molar-refractivity contribution in [1.82, 2.24) is 0 Å². The number of carbonyl (C=O) groups excluding carboxylic acids is 1. The van der Waals surface area contributed by atoms with Crippen LogP contribution < -0.4 is 5.14 Å². The normalized spacial score (nSPS) is 12.1. The fourth-order valence-corrected chi connectivity index (χ4v) is 4.15. The molecule has 1 aromatic heterocycles. The second-order valence-corrected chi connectivity index (χ2v) is 7.24. The maximum Gasteiger partial charge on any atom is 0.337 e. The molecule has 0 radical (unpaired) electrons. The minimum absolute atomic E-state index is 0.353. The molecule has 1 unspecified atom stereocenters. The molecule has 7 heteroatoms. The Morgan fingerprint density at radius 3 is 2.47 bits per heavy atom. The van der Waals surface area contributed by atoms with Crippen LogP contribution in [0.15, 0.2) is 49.7 Å². The Bertz CT molecular complexity index is 607. The van der Waals surface area contributed by atoms with Crippen LogP contribution in [0.5, 0.6) is 0 Å². The van der Waals surface area contributed by atoms with Gasteiger partial charge in [-0.1, -0.05) is 11.8 Å². The SMILES string of the molecule is COC(=O)c1ccc(Sc2ccc(S(N)=O)s2)cc1. The number of hydrogen-bond acceptors (Lipinski definition) is 5. The molecule has 0 aliphatic carbocycles. The van der Waals surface area contributed by atoms with Crippen molar-refractivity contribution in [3.8, 4) is 0 Å². The average molecular weight is 313 g/mol. The lowest BCUT2D eigenvalue weighted by Crippen LogP contribution is -2.00. The molecule has 1 aromatic carbocycles. The maximum absolute atomic E-state index is 11.3. The first kappa shape index (κ1) is 14.3. The number of carbonyl (C=O) groups is 1. The van der Waals surface area contributed by atoms with Gasteiger partial charge in [-0.2, -0.15) is 0 Å². The maximum atomic E-state index is 11.3. The molecule has 2 aromatic rings.